The molecule has 2 aromatic carbocycles. The summed E-state index contributed by atoms with van der Waals surface area (Å²) in [6.45, 7) is 0. The average Bonchev–Trinajstić information content (AvgIpc) is 2.41. The van der Waals surface area contributed by atoms with E-state index in [9.17, 15) is 0 Å². The van der Waals surface area contributed by atoms with Gasteiger partial charge in [0.2, 0.25) is 0 Å². The molecule has 0 aliphatic rings. The summed E-state index contributed by atoms with van der Waals surface area (Å²) in [7, 11) is 0. The molecule has 0 spiro atoms. The van der Waals surface area contributed by atoms with Crippen LogP contribution in [-0.4, -0.2) is 0 Å². The monoisotopic (exact) mass is 242 g/mol. The number of anilines is 2. The van der Waals surface area contributed by atoms with E-state index < -0.39 is 0 Å². The van der Waals surface area contributed by atoms with E-state index in [0.717, 1.165) is 11.4 Å². The third kappa shape index (κ3) is 2.63. The van der Waals surface area contributed by atoms with E-state index in [1.807, 2.05) is 65.6 Å². The van der Waals surface area contributed by atoms with Crippen LogP contribution < -0.4 is 10.6 Å². The summed E-state index contributed by atoms with van der Waals surface area (Å²) in [4.78, 5) is 1.99. The van der Waals surface area contributed by atoms with Crippen LogP contribution in [0.15, 0.2) is 71.9 Å². The summed E-state index contributed by atoms with van der Waals surface area (Å²) < 4.78 is 0. The summed E-state index contributed by atoms with van der Waals surface area (Å²) in [5.41, 5.74) is 7.63. The molecule has 0 unspecified atom stereocenters. The van der Waals surface area contributed by atoms with Gasteiger partial charge in [0.15, 0.2) is 0 Å². The zero-order valence-electron chi connectivity index (χ0n) is 9.32. The molecule has 17 heavy (non-hydrogen) atoms. The molecule has 2 rings (SSSR count). The van der Waals surface area contributed by atoms with Gasteiger partial charge in [-0.15, -0.1) is 12.6 Å². The number of nitrogens with two attached hydrogens (primary N) is 1. The molecule has 0 amide bonds. The van der Waals surface area contributed by atoms with Gasteiger partial charge >= 0.3 is 0 Å². The van der Waals surface area contributed by atoms with Crippen molar-refractivity contribution in [1.82, 2.24) is 0 Å². The molecule has 0 radical (unpaired) electrons. The molecular formula is C14H14N2S. The first-order valence-electron chi connectivity index (χ1n) is 5.34. The Morgan fingerprint density at radius 1 is 0.882 bits per heavy atom. The third-order valence-electron chi connectivity index (χ3n) is 2.41. The first-order chi connectivity index (χ1) is 8.33. The van der Waals surface area contributed by atoms with Gasteiger partial charge in [-0.2, -0.15) is 0 Å². The van der Waals surface area contributed by atoms with Crippen molar-refractivity contribution >= 4 is 24.0 Å². The molecule has 0 saturated carbocycles. The maximum Gasteiger partial charge on any atom is 0.0925 e. The molecule has 2 aromatic rings. The first-order valence-corrected chi connectivity index (χ1v) is 5.79. The van der Waals surface area contributed by atoms with E-state index in [1.165, 1.54) is 6.20 Å². The maximum atomic E-state index is 5.57. The molecular weight excluding hydrogens is 228 g/mol. The molecule has 0 heterocycles. The van der Waals surface area contributed by atoms with Crippen LogP contribution in [0.2, 0.25) is 0 Å². The topological polar surface area (TPSA) is 29.3 Å². The van der Waals surface area contributed by atoms with Crippen molar-refractivity contribution in [3.8, 4) is 0 Å². The molecule has 86 valence electrons. The van der Waals surface area contributed by atoms with Crippen LogP contribution in [0.4, 0.5) is 11.4 Å². The van der Waals surface area contributed by atoms with Crippen LogP contribution in [0.25, 0.3) is 0 Å². The second-order valence-electron chi connectivity index (χ2n) is 3.53. The van der Waals surface area contributed by atoms with E-state index in [-0.39, 0.29) is 0 Å². The Hall–Kier alpha value is -1.87. The highest BCUT2D eigenvalue weighted by Crippen LogP contribution is 2.30. The fraction of sp³-hybridized carbons (Fsp3) is 0. The van der Waals surface area contributed by atoms with Crippen molar-refractivity contribution in [2.75, 3.05) is 4.90 Å². The van der Waals surface area contributed by atoms with E-state index in [0.29, 0.717) is 5.03 Å². The molecule has 0 bridgehead atoms. The minimum Gasteiger partial charge on any atom is -0.402 e. The van der Waals surface area contributed by atoms with Crippen molar-refractivity contribution in [2.24, 2.45) is 5.73 Å². The normalized spacial score (nSPS) is 11.2. The average molecular weight is 242 g/mol. The fourth-order valence-corrected chi connectivity index (χ4v) is 1.87. The van der Waals surface area contributed by atoms with Crippen molar-refractivity contribution in [2.45, 2.75) is 0 Å². The van der Waals surface area contributed by atoms with Gasteiger partial charge in [0.25, 0.3) is 0 Å². The van der Waals surface area contributed by atoms with Gasteiger partial charge in [-0.25, -0.2) is 0 Å². The molecule has 3 heteroatoms. The number of rotatable bonds is 3. The van der Waals surface area contributed by atoms with E-state index in [2.05, 4.69) is 12.6 Å². The minimum atomic E-state index is 0.697. The zero-order valence-corrected chi connectivity index (χ0v) is 10.2. The molecule has 0 fully saturated rings. The molecule has 0 aromatic heterocycles. The standard InChI is InChI=1S/C14H14N2S/c15-11-14(17)16(12-7-3-1-4-8-12)13-9-5-2-6-10-13/h1-11,17H,15H2/b14-11-. The first kappa shape index (κ1) is 11.6. The summed E-state index contributed by atoms with van der Waals surface area (Å²) >= 11 is 4.41. The van der Waals surface area contributed by atoms with Crippen LogP contribution in [0.5, 0.6) is 0 Å². The number of thiol groups is 1. The summed E-state index contributed by atoms with van der Waals surface area (Å²) in [6.07, 6.45) is 1.49. The predicted molar refractivity (Wildman–Crippen MR) is 76.3 cm³/mol. The Balaban J connectivity index is 2.47. The highest BCUT2D eigenvalue weighted by Gasteiger charge is 2.10. The predicted octanol–water partition coefficient (Wildman–Crippen LogP) is 3.51. The Bertz CT molecular complexity index is 455. The Labute approximate surface area is 107 Å². The van der Waals surface area contributed by atoms with Crippen LogP contribution in [-0.2, 0) is 0 Å². The van der Waals surface area contributed by atoms with Crippen LogP contribution in [0.3, 0.4) is 0 Å². The quantitative estimate of drug-likeness (QED) is 0.806. The van der Waals surface area contributed by atoms with Crippen LogP contribution >= 0.6 is 12.6 Å². The van der Waals surface area contributed by atoms with Crippen molar-refractivity contribution in [3.63, 3.8) is 0 Å². The molecule has 0 aliphatic heterocycles. The van der Waals surface area contributed by atoms with E-state index >= 15 is 0 Å². The van der Waals surface area contributed by atoms with Gasteiger partial charge in [0.1, 0.15) is 0 Å². The van der Waals surface area contributed by atoms with Gasteiger partial charge in [-0.1, -0.05) is 36.4 Å². The largest absolute Gasteiger partial charge is 0.402 e. The zero-order chi connectivity index (χ0) is 12.1. The molecule has 2 nitrogen and oxygen atoms in total. The summed E-state index contributed by atoms with van der Waals surface area (Å²) in [6, 6.07) is 20.0. The van der Waals surface area contributed by atoms with Crippen LogP contribution in [0.1, 0.15) is 0 Å². The second-order valence-corrected chi connectivity index (χ2v) is 3.99. The van der Waals surface area contributed by atoms with Crippen molar-refractivity contribution in [1.29, 1.82) is 0 Å². The molecule has 0 atom stereocenters. The lowest BCUT2D eigenvalue weighted by molar-refractivity contribution is 1.25. The van der Waals surface area contributed by atoms with Gasteiger partial charge in [-0.05, 0) is 24.3 Å². The lowest BCUT2D eigenvalue weighted by Crippen LogP contribution is -2.13. The summed E-state index contributed by atoms with van der Waals surface area (Å²) in [5, 5.41) is 0.697. The fourth-order valence-electron chi connectivity index (χ4n) is 1.64. The van der Waals surface area contributed by atoms with Crippen molar-refractivity contribution < 1.29 is 0 Å². The van der Waals surface area contributed by atoms with Crippen LogP contribution in [0, 0.1) is 0 Å². The highest BCUT2D eigenvalue weighted by atomic mass is 32.1. The number of para-hydroxylation sites is 2. The highest BCUT2D eigenvalue weighted by molar-refractivity contribution is 7.84. The number of hydrogen-bond donors (Lipinski definition) is 2. The van der Waals surface area contributed by atoms with Gasteiger partial charge < -0.3 is 10.6 Å². The Morgan fingerprint density at radius 3 is 1.65 bits per heavy atom. The summed E-state index contributed by atoms with van der Waals surface area (Å²) in [5.74, 6) is 0. The lowest BCUT2D eigenvalue weighted by Gasteiger charge is -2.24. The van der Waals surface area contributed by atoms with Crippen molar-refractivity contribution in [3.05, 3.63) is 71.9 Å². The molecule has 2 N–H and O–H groups in total. The SMILES string of the molecule is N/C=C(\S)N(c1ccccc1)c1ccccc1. The third-order valence-corrected chi connectivity index (χ3v) is 2.76. The Kier molecular flexibility index (Phi) is 3.73. The number of benzene rings is 2. The maximum absolute atomic E-state index is 5.57. The van der Waals surface area contributed by atoms with Gasteiger partial charge in [0.05, 0.1) is 5.03 Å². The minimum absolute atomic E-state index is 0.697. The number of hydrogen-bond acceptors (Lipinski definition) is 3. The molecule has 0 aliphatic carbocycles. The smallest absolute Gasteiger partial charge is 0.0925 e. The lowest BCUT2D eigenvalue weighted by atomic mass is 10.2. The number of nitrogens with zero attached hydrogens (tertiary/aromatic N) is 1. The Morgan fingerprint density at radius 2 is 1.29 bits per heavy atom. The second kappa shape index (κ2) is 5.46. The van der Waals surface area contributed by atoms with Gasteiger partial charge in [0, 0.05) is 17.6 Å². The van der Waals surface area contributed by atoms with E-state index in [1.54, 1.807) is 0 Å². The van der Waals surface area contributed by atoms with E-state index in [4.69, 9.17) is 5.73 Å². The van der Waals surface area contributed by atoms with Gasteiger partial charge in [-0.3, -0.25) is 0 Å². The molecule has 0 saturated heterocycles.